The molecular formula is C17H26N2O2. The first kappa shape index (κ1) is 15.8. The van der Waals surface area contributed by atoms with Crippen LogP contribution in [0.1, 0.15) is 42.1 Å². The predicted molar refractivity (Wildman–Crippen MR) is 85.9 cm³/mol. The monoisotopic (exact) mass is 290 g/mol. The molecule has 4 nitrogen and oxygen atoms in total. The molecule has 4 heteroatoms. The van der Waals surface area contributed by atoms with Gasteiger partial charge in [-0.25, -0.2) is 0 Å². The Bertz CT molecular complexity index is 484. The normalized spacial score (nSPS) is 14.0. The Balaban J connectivity index is 2.19. The van der Waals surface area contributed by atoms with Crippen LogP contribution in [0.2, 0.25) is 0 Å². The predicted octanol–water partition coefficient (Wildman–Crippen LogP) is 3.07. The lowest BCUT2D eigenvalue weighted by Crippen LogP contribution is -2.36. The molecule has 0 aliphatic heterocycles. The molecule has 1 aromatic rings. The second-order valence-corrected chi connectivity index (χ2v) is 5.70. The molecule has 0 heterocycles. The summed E-state index contributed by atoms with van der Waals surface area (Å²) < 4.78 is 5.14. The van der Waals surface area contributed by atoms with Gasteiger partial charge in [-0.3, -0.25) is 4.79 Å². The highest BCUT2D eigenvalue weighted by Crippen LogP contribution is 2.30. The van der Waals surface area contributed by atoms with E-state index in [2.05, 4.69) is 25.2 Å². The van der Waals surface area contributed by atoms with Crippen molar-refractivity contribution >= 4 is 11.6 Å². The zero-order valence-corrected chi connectivity index (χ0v) is 13.3. The van der Waals surface area contributed by atoms with Gasteiger partial charge in [0.25, 0.3) is 5.91 Å². The molecule has 1 aliphatic carbocycles. The Morgan fingerprint density at radius 1 is 1.43 bits per heavy atom. The van der Waals surface area contributed by atoms with Crippen molar-refractivity contribution in [3.8, 4) is 0 Å². The third-order valence-corrected chi connectivity index (χ3v) is 3.76. The molecule has 1 aliphatic rings. The van der Waals surface area contributed by atoms with E-state index in [-0.39, 0.29) is 5.91 Å². The van der Waals surface area contributed by atoms with Crippen molar-refractivity contribution in [2.45, 2.75) is 39.2 Å². The molecule has 1 fully saturated rings. The lowest BCUT2D eigenvalue weighted by molar-refractivity contribution is 0.0681. The lowest BCUT2D eigenvalue weighted by Gasteiger charge is -2.24. The summed E-state index contributed by atoms with van der Waals surface area (Å²) in [5.41, 5.74) is 2.89. The number of nitrogens with one attached hydrogen (secondary N) is 1. The molecule has 0 saturated heterocycles. The van der Waals surface area contributed by atoms with Crippen LogP contribution in [-0.4, -0.2) is 43.7 Å². The van der Waals surface area contributed by atoms with Gasteiger partial charge < -0.3 is 15.0 Å². The van der Waals surface area contributed by atoms with E-state index < -0.39 is 0 Å². The molecule has 0 bridgehead atoms. The first-order valence-corrected chi connectivity index (χ1v) is 7.81. The van der Waals surface area contributed by atoms with Crippen LogP contribution >= 0.6 is 0 Å². The van der Waals surface area contributed by atoms with E-state index in [1.54, 1.807) is 7.11 Å². The van der Waals surface area contributed by atoms with Crippen molar-refractivity contribution in [2.24, 2.45) is 0 Å². The van der Waals surface area contributed by atoms with Gasteiger partial charge in [-0.2, -0.15) is 0 Å². The molecule has 1 N–H and O–H groups in total. The van der Waals surface area contributed by atoms with Crippen LogP contribution in [0.5, 0.6) is 0 Å². The maximum Gasteiger partial charge on any atom is 0.256 e. The van der Waals surface area contributed by atoms with Gasteiger partial charge in [0.1, 0.15) is 0 Å². The Labute approximate surface area is 127 Å². The minimum atomic E-state index is 0.119. The van der Waals surface area contributed by atoms with Crippen molar-refractivity contribution < 1.29 is 9.53 Å². The number of carbonyl (C=O) groups excluding carboxylic acids is 1. The Morgan fingerprint density at radius 3 is 2.81 bits per heavy atom. The molecule has 116 valence electrons. The highest BCUT2D eigenvalue weighted by molar-refractivity contribution is 6.00. The highest BCUT2D eigenvalue weighted by atomic mass is 16.5. The van der Waals surface area contributed by atoms with E-state index in [0.717, 1.165) is 37.1 Å². The number of rotatable bonds is 8. The van der Waals surface area contributed by atoms with Crippen LogP contribution in [-0.2, 0) is 4.74 Å². The molecular weight excluding hydrogens is 264 g/mol. The zero-order valence-electron chi connectivity index (χ0n) is 13.3. The van der Waals surface area contributed by atoms with Crippen LogP contribution in [0, 0.1) is 6.92 Å². The van der Waals surface area contributed by atoms with Gasteiger partial charge in [-0.15, -0.1) is 0 Å². The fourth-order valence-electron chi connectivity index (χ4n) is 2.43. The summed E-state index contributed by atoms with van der Waals surface area (Å²) in [5.74, 6) is 0.119. The number of methoxy groups -OCH3 is 1. The average molecular weight is 290 g/mol. The minimum absolute atomic E-state index is 0.119. The molecule has 0 spiro atoms. The largest absolute Gasteiger partial charge is 0.384 e. The topological polar surface area (TPSA) is 41.6 Å². The number of nitrogens with zero attached hydrogens (tertiary/aromatic N) is 1. The highest BCUT2D eigenvalue weighted by Gasteiger charge is 2.33. The molecule has 0 radical (unpaired) electrons. The van der Waals surface area contributed by atoms with Crippen LogP contribution < -0.4 is 5.32 Å². The quantitative estimate of drug-likeness (QED) is 0.800. The molecule has 0 unspecified atom stereocenters. The first-order valence-electron chi connectivity index (χ1n) is 7.81. The molecule has 1 aromatic carbocycles. The average Bonchev–Trinajstić information content (AvgIpc) is 3.30. The molecule has 0 aromatic heterocycles. The summed E-state index contributed by atoms with van der Waals surface area (Å²) in [7, 11) is 1.68. The van der Waals surface area contributed by atoms with Gasteiger partial charge in [-0.1, -0.05) is 13.0 Å². The summed E-state index contributed by atoms with van der Waals surface area (Å²) in [6.45, 7) is 6.31. The maximum absolute atomic E-state index is 12.9. The maximum atomic E-state index is 12.9. The van der Waals surface area contributed by atoms with Gasteiger partial charge in [-0.05, 0) is 43.9 Å². The van der Waals surface area contributed by atoms with Crippen molar-refractivity contribution in [1.82, 2.24) is 4.90 Å². The zero-order chi connectivity index (χ0) is 15.2. The van der Waals surface area contributed by atoms with Crippen LogP contribution in [0.4, 0.5) is 5.69 Å². The van der Waals surface area contributed by atoms with E-state index in [1.165, 1.54) is 5.56 Å². The van der Waals surface area contributed by atoms with Crippen LogP contribution in [0.15, 0.2) is 18.2 Å². The number of aryl methyl sites for hydroxylation is 1. The molecule has 1 amide bonds. The summed E-state index contributed by atoms with van der Waals surface area (Å²) in [6, 6.07) is 6.40. The number of benzene rings is 1. The number of amides is 1. The smallest absolute Gasteiger partial charge is 0.256 e. The van der Waals surface area contributed by atoms with Crippen molar-refractivity contribution in [3.05, 3.63) is 29.3 Å². The summed E-state index contributed by atoms with van der Waals surface area (Å²) in [6.07, 6.45) is 3.26. The Morgan fingerprint density at radius 2 is 2.19 bits per heavy atom. The number of anilines is 1. The third-order valence-electron chi connectivity index (χ3n) is 3.76. The second-order valence-electron chi connectivity index (χ2n) is 5.70. The summed E-state index contributed by atoms with van der Waals surface area (Å²) in [5, 5.41) is 3.38. The van der Waals surface area contributed by atoms with Crippen LogP contribution in [0.25, 0.3) is 0 Å². The van der Waals surface area contributed by atoms with Gasteiger partial charge in [0, 0.05) is 31.9 Å². The Kier molecular flexibility index (Phi) is 5.62. The summed E-state index contributed by atoms with van der Waals surface area (Å²) >= 11 is 0. The number of hydrogen-bond donors (Lipinski definition) is 1. The van der Waals surface area contributed by atoms with Crippen molar-refractivity contribution in [1.29, 1.82) is 0 Å². The van der Waals surface area contributed by atoms with Crippen LogP contribution in [0.3, 0.4) is 0 Å². The second kappa shape index (κ2) is 7.46. The van der Waals surface area contributed by atoms with Gasteiger partial charge in [0.15, 0.2) is 0 Å². The standard InChI is InChI=1S/C17H26N2O2/c1-4-9-18-16-12-13(2)5-8-15(16)17(20)19(10-11-21-3)14-6-7-14/h5,8,12,14,18H,4,6-7,9-11H2,1-3H3. The summed E-state index contributed by atoms with van der Waals surface area (Å²) in [4.78, 5) is 14.8. The third kappa shape index (κ3) is 4.21. The van der Waals surface area contributed by atoms with E-state index in [4.69, 9.17) is 4.74 Å². The number of hydrogen-bond acceptors (Lipinski definition) is 3. The van der Waals surface area contributed by atoms with E-state index >= 15 is 0 Å². The van der Waals surface area contributed by atoms with Gasteiger partial charge in [0.2, 0.25) is 0 Å². The van der Waals surface area contributed by atoms with Crippen molar-refractivity contribution in [2.75, 3.05) is 32.1 Å². The molecule has 1 saturated carbocycles. The minimum Gasteiger partial charge on any atom is -0.384 e. The van der Waals surface area contributed by atoms with E-state index in [1.807, 2.05) is 17.0 Å². The molecule has 0 atom stereocenters. The van der Waals surface area contributed by atoms with E-state index in [9.17, 15) is 4.79 Å². The molecule has 21 heavy (non-hydrogen) atoms. The van der Waals surface area contributed by atoms with Crippen molar-refractivity contribution in [3.63, 3.8) is 0 Å². The first-order chi connectivity index (χ1) is 10.2. The number of carbonyl (C=O) groups is 1. The van der Waals surface area contributed by atoms with E-state index in [0.29, 0.717) is 19.2 Å². The van der Waals surface area contributed by atoms with Gasteiger partial charge >= 0.3 is 0 Å². The number of ether oxygens (including phenoxy) is 1. The Hall–Kier alpha value is -1.55. The fraction of sp³-hybridized carbons (Fsp3) is 0.588. The SMILES string of the molecule is CCCNc1cc(C)ccc1C(=O)N(CCOC)C1CC1. The van der Waals surface area contributed by atoms with Gasteiger partial charge in [0.05, 0.1) is 12.2 Å². The lowest BCUT2D eigenvalue weighted by atomic mass is 10.1. The molecule has 2 rings (SSSR count). The fourth-order valence-corrected chi connectivity index (χ4v) is 2.43.